The van der Waals surface area contributed by atoms with Gasteiger partial charge in [-0.05, 0) is 96.9 Å². The quantitative estimate of drug-likeness (QED) is 0.166. The fourth-order valence-electron chi connectivity index (χ4n) is 7.93. The summed E-state index contributed by atoms with van der Waals surface area (Å²) in [6.07, 6.45) is 0. The molecule has 3 heterocycles. The van der Waals surface area contributed by atoms with Crippen molar-refractivity contribution < 1.29 is 9.47 Å². The van der Waals surface area contributed by atoms with Crippen molar-refractivity contribution in [3.05, 3.63) is 119 Å². The molecular formula is C45H48BNO2. The maximum absolute atomic E-state index is 6.50. The summed E-state index contributed by atoms with van der Waals surface area (Å²) in [5, 5.41) is 0. The van der Waals surface area contributed by atoms with Gasteiger partial charge in [-0.3, -0.25) is 0 Å². The third-order valence-electron chi connectivity index (χ3n) is 11.0. The van der Waals surface area contributed by atoms with E-state index in [1.807, 2.05) is 24.3 Å². The number of nitrogens with zero attached hydrogens (tertiary/aromatic N) is 1. The van der Waals surface area contributed by atoms with Crippen LogP contribution in [-0.4, -0.2) is 6.85 Å². The molecule has 248 valence electrons. The van der Waals surface area contributed by atoms with Gasteiger partial charge in [-0.25, -0.2) is 0 Å². The Bertz CT molecular complexity index is 2170. The summed E-state index contributed by atoms with van der Waals surface area (Å²) < 4.78 is 12.8. The molecule has 0 amide bonds. The number of rotatable bonds is 1. The fourth-order valence-corrected chi connectivity index (χ4v) is 7.93. The van der Waals surface area contributed by atoms with Gasteiger partial charge in [0.15, 0.2) is 23.0 Å². The van der Waals surface area contributed by atoms with Gasteiger partial charge in [-0.1, -0.05) is 131 Å². The molecule has 0 aromatic heterocycles. The highest BCUT2D eigenvalue weighted by atomic mass is 16.6. The highest BCUT2D eigenvalue weighted by molar-refractivity contribution is 6.91. The molecule has 0 unspecified atom stereocenters. The summed E-state index contributed by atoms with van der Waals surface area (Å²) in [4.78, 5) is 2.64. The molecule has 0 saturated carbocycles. The van der Waals surface area contributed by atoms with E-state index in [4.69, 9.17) is 9.47 Å². The Balaban J connectivity index is 1.44. The molecule has 0 bridgehead atoms. The maximum atomic E-state index is 6.50. The van der Waals surface area contributed by atoms with Gasteiger partial charge in [0, 0.05) is 22.4 Å². The second-order valence-electron chi connectivity index (χ2n) is 18.0. The van der Waals surface area contributed by atoms with E-state index in [2.05, 4.69) is 148 Å². The van der Waals surface area contributed by atoms with Crippen LogP contribution in [0.4, 0.5) is 11.4 Å². The molecule has 0 aliphatic carbocycles. The lowest BCUT2D eigenvalue weighted by atomic mass is 9.44. The minimum Gasteiger partial charge on any atom is -0.450 e. The van der Waals surface area contributed by atoms with Gasteiger partial charge in [0.05, 0.1) is 0 Å². The standard InChI is InChI=1S/C45H48BNO2/c1-42(2,3)27-16-19-35-31(22-27)32-23-29(44(7,8)9)25-34-41(32)47(36-20-17-28(43(4,5)6)24-33(36)45(34,10)11)46(35)30-18-21-39-40(26-30)49-38-15-13-12-14-37(38)48-39/h12-26H,1-11H3. The minimum atomic E-state index is -0.210. The molecule has 8 rings (SSSR count). The highest BCUT2D eigenvalue weighted by Gasteiger charge is 2.47. The van der Waals surface area contributed by atoms with Crippen molar-refractivity contribution >= 4 is 29.1 Å². The van der Waals surface area contributed by atoms with Crippen molar-refractivity contribution in [2.45, 2.75) is 97.8 Å². The van der Waals surface area contributed by atoms with Crippen molar-refractivity contribution in [3.63, 3.8) is 0 Å². The average Bonchev–Trinajstić information content (AvgIpc) is 3.03. The molecule has 49 heavy (non-hydrogen) atoms. The minimum absolute atomic E-state index is 0.00918. The zero-order valence-corrected chi connectivity index (χ0v) is 31.0. The lowest BCUT2D eigenvalue weighted by molar-refractivity contribution is 0.360. The van der Waals surface area contributed by atoms with E-state index in [-0.39, 0.29) is 28.5 Å². The summed E-state index contributed by atoms with van der Waals surface area (Å²) >= 11 is 0. The molecule has 3 aliphatic rings. The fraction of sp³-hybridized carbons (Fsp3) is 0.333. The summed E-state index contributed by atoms with van der Waals surface area (Å²) in [7, 11) is 0. The third kappa shape index (κ3) is 4.93. The number of anilines is 2. The molecule has 3 aliphatic heterocycles. The van der Waals surface area contributed by atoms with Gasteiger partial charge in [0.25, 0.3) is 0 Å². The largest absolute Gasteiger partial charge is 0.450 e. The van der Waals surface area contributed by atoms with Gasteiger partial charge >= 0.3 is 6.85 Å². The summed E-state index contributed by atoms with van der Waals surface area (Å²) in [5.74, 6) is 2.98. The van der Waals surface area contributed by atoms with Crippen LogP contribution >= 0.6 is 0 Å². The van der Waals surface area contributed by atoms with Crippen molar-refractivity contribution in [2.75, 3.05) is 4.81 Å². The number of hydrogen-bond acceptors (Lipinski definition) is 3. The Morgan fingerprint density at radius 1 is 0.531 bits per heavy atom. The monoisotopic (exact) mass is 645 g/mol. The van der Waals surface area contributed by atoms with Crippen LogP contribution in [0.1, 0.15) is 104 Å². The Morgan fingerprint density at radius 3 is 1.73 bits per heavy atom. The summed E-state index contributed by atoms with van der Waals surface area (Å²) in [5.41, 5.74) is 14.4. The first-order valence-corrected chi connectivity index (χ1v) is 17.8. The van der Waals surface area contributed by atoms with Gasteiger partial charge < -0.3 is 14.3 Å². The Morgan fingerprint density at radius 2 is 1.08 bits per heavy atom. The van der Waals surface area contributed by atoms with Crippen LogP contribution in [0.2, 0.25) is 0 Å². The Kier molecular flexibility index (Phi) is 6.68. The first kappa shape index (κ1) is 31.8. The van der Waals surface area contributed by atoms with Crippen molar-refractivity contribution in [2.24, 2.45) is 0 Å². The molecule has 5 aromatic carbocycles. The van der Waals surface area contributed by atoms with Crippen molar-refractivity contribution in [3.8, 4) is 34.1 Å². The van der Waals surface area contributed by atoms with E-state index in [9.17, 15) is 0 Å². The third-order valence-corrected chi connectivity index (χ3v) is 11.0. The maximum Gasteiger partial charge on any atom is 0.328 e. The lowest BCUT2D eigenvalue weighted by Gasteiger charge is -2.49. The predicted molar refractivity (Wildman–Crippen MR) is 207 cm³/mol. The first-order chi connectivity index (χ1) is 22.9. The molecule has 3 nitrogen and oxygen atoms in total. The number of ether oxygens (including phenoxy) is 2. The first-order valence-electron chi connectivity index (χ1n) is 17.8. The average molecular weight is 646 g/mol. The molecule has 5 aromatic rings. The number of fused-ring (bicyclic) bond motifs is 6. The van der Waals surface area contributed by atoms with Crippen LogP contribution in [0.25, 0.3) is 11.1 Å². The zero-order valence-electron chi connectivity index (χ0n) is 31.0. The van der Waals surface area contributed by atoms with Crippen LogP contribution in [0.3, 0.4) is 0 Å². The number of hydrogen-bond donors (Lipinski definition) is 0. The molecule has 4 heteroatoms. The topological polar surface area (TPSA) is 21.7 Å². The van der Waals surface area contributed by atoms with Gasteiger partial charge in [0.1, 0.15) is 0 Å². The Labute approximate surface area is 293 Å². The molecule has 0 spiro atoms. The molecule has 0 fully saturated rings. The van der Waals surface area contributed by atoms with Gasteiger partial charge in [0.2, 0.25) is 0 Å². The summed E-state index contributed by atoms with van der Waals surface area (Å²) in [6, 6.07) is 33.8. The number of benzene rings is 5. The van der Waals surface area contributed by atoms with Crippen LogP contribution in [0.5, 0.6) is 23.0 Å². The smallest absolute Gasteiger partial charge is 0.328 e. The van der Waals surface area contributed by atoms with E-state index >= 15 is 0 Å². The normalized spacial score (nSPS) is 15.7. The Hall–Kier alpha value is -4.44. The molecule has 0 atom stereocenters. The van der Waals surface area contributed by atoms with E-state index in [1.54, 1.807) is 0 Å². The van der Waals surface area contributed by atoms with Crippen LogP contribution < -0.4 is 25.2 Å². The SMILES string of the molecule is CC(C)(C)c1ccc2c(c1)-c1cc(C(C)(C)C)cc3c1N(B2c1ccc2c(c1)Oc1ccccc1O2)c1ccc(C(C)(C)C)cc1C3(C)C. The van der Waals surface area contributed by atoms with Crippen molar-refractivity contribution in [1.29, 1.82) is 0 Å². The van der Waals surface area contributed by atoms with E-state index in [1.165, 1.54) is 61.2 Å². The van der Waals surface area contributed by atoms with Gasteiger partial charge in [-0.15, -0.1) is 0 Å². The van der Waals surface area contributed by atoms with Crippen molar-refractivity contribution in [1.82, 2.24) is 0 Å². The molecular weight excluding hydrogens is 597 g/mol. The van der Waals surface area contributed by atoms with Crippen LogP contribution in [0.15, 0.2) is 91.0 Å². The predicted octanol–water partition coefficient (Wildman–Crippen LogP) is 11.0. The highest BCUT2D eigenvalue weighted by Crippen LogP contribution is 2.56. The lowest BCUT2D eigenvalue weighted by Crippen LogP contribution is -2.59. The molecule has 0 saturated heterocycles. The van der Waals surface area contributed by atoms with E-state index in [0.717, 1.165) is 23.0 Å². The van der Waals surface area contributed by atoms with Crippen LogP contribution in [-0.2, 0) is 21.7 Å². The molecule has 0 radical (unpaired) electrons. The summed E-state index contributed by atoms with van der Waals surface area (Å²) in [6.45, 7) is 25.7. The second-order valence-corrected chi connectivity index (χ2v) is 18.0. The van der Waals surface area contributed by atoms with E-state index in [0.29, 0.717) is 0 Å². The van der Waals surface area contributed by atoms with Crippen LogP contribution in [0, 0.1) is 0 Å². The van der Waals surface area contributed by atoms with E-state index < -0.39 is 0 Å². The zero-order chi connectivity index (χ0) is 34.8. The van der Waals surface area contributed by atoms with Gasteiger partial charge in [-0.2, -0.15) is 0 Å². The number of para-hydroxylation sites is 2. The molecule has 0 N–H and O–H groups in total. The second kappa shape index (κ2) is 10.3.